The molecule has 1 saturated heterocycles. The number of rotatable bonds is 7. The average Bonchev–Trinajstić information content (AvgIpc) is 2.69. The first-order valence-electron chi connectivity index (χ1n) is 10.4. The van der Waals surface area contributed by atoms with E-state index in [-0.39, 0.29) is 0 Å². The molecule has 1 fully saturated rings. The van der Waals surface area contributed by atoms with Gasteiger partial charge < -0.3 is 4.90 Å². The lowest BCUT2D eigenvalue weighted by molar-refractivity contribution is 0.217. The van der Waals surface area contributed by atoms with E-state index >= 15 is 0 Å². The van der Waals surface area contributed by atoms with Crippen LogP contribution in [0, 0.1) is 5.92 Å². The van der Waals surface area contributed by atoms with Crippen LogP contribution in [0.2, 0.25) is 0 Å². The van der Waals surface area contributed by atoms with E-state index in [2.05, 4.69) is 79.4 Å². The van der Waals surface area contributed by atoms with Gasteiger partial charge in [-0.1, -0.05) is 99.3 Å². The second kappa shape index (κ2) is 9.73. The van der Waals surface area contributed by atoms with Gasteiger partial charge >= 0.3 is 0 Å². The van der Waals surface area contributed by atoms with Gasteiger partial charge in [0.05, 0.1) is 0 Å². The summed E-state index contributed by atoms with van der Waals surface area (Å²) in [4.78, 5) is 2.68. The number of unbranched alkanes of at least 4 members (excludes halogenated alkanes) is 3. The minimum atomic E-state index is 0.616. The molecule has 0 radical (unpaired) electrons. The summed E-state index contributed by atoms with van der Waals surface area (Å²) in [6.45, 7) is 8.37. The first kappa shape index (κ1) is 18.9. The van der Waals surface area contributed by atoms with Crippen LogP contribution >= 0.6 is 0 Å². The lowest BCUT2D eigenvalue weighted by atomic mass is 9.83. The molecule has 0 bridgehead atoms. The third-order valence-electron chi connectivity index (χ3n) is 5.60. The maximum atomic E-state index is 2.68. The van der Waals surface area contributed by atoms with Gasteiger partial charge in [0.1, 0.15) is 0 Å². The molecule has 0 amide bonds. The molecule has 26 heavy (non-hydrogen) atoms. The molecule has 0 aliphatic carbocycles. The van der Waals surface area contributed by atoms with E-state index in [4.69, 9.17) is 0 Å². The first-order chi connectivity index (χ1) is 12.8. The Morgan fingerprint density at radius 3 is 2.04 bits per heavy atom. The normalized spacial score (nSPS) is 18.1. The van der Waals surface area contributed by atoms with Gasteiger partial charge in [-0.3, -0.25) is 0 Å². The molecular formula is C25H33N. The monoisotopic (exact) mass is 347 g/mol. The highest BCUT2D eigenvalue weighted by molar-refractivity contribution is 5.82. The molecule has 3 rings (SSSR count). The largest absolute Gasteiger partial charge is 0.302 e. The summed E-state index contributed by atoms with van der Waals surface area (Å²) in [5.74, 6) is 0.616. The van der Waals surface area contributed by atoms with Gasteiger partial charge in [0, 0.05) is 13.1 Å². The maximum Gasteiger partial charge on any atom is 0.00448 e. The van der Waals surface area contributed by atoms with Crippen molar-refractivity contribution in [2.24, 2.45) is 5.92 Å². The van der Waals surface area contributed by atoms with Crippen LogP contribution in [0.3, 0.4) is 0 Å². The van der Waals surface area contributed by atoms with Crippen LogP contribution in [-0.2, 0) is 0 Å². The third kappa shape index (κ3) is 4.86. The van der Waals surface area contributed by atoms with E-state index in [1.54, 1.807) is 5.57 Å². The van der Waals surface area contributed by atoms with E-state index in [0.717, 1.165) is 0 Å². The minimum absolute atomic E-state index is 0.616. The molecule has 138 valence electrons. The summed E-state index contributed by atoms with van der Waals surface area (Å²) in [7, 11) is 0. The number of piperidine rings is 1. The molecule has 2 aromatic rings. The molecular weight excluding hydrogens is 314 g/mol. The standard InChI is InChI=1S/C25H33N/c1-3-4-5-12-18-26-19-17-24(21(2)20-26)25(22-13-8-6-9-14-22)23-15-10-7-11-16-23/h6-11,13-16,21H,3-5,12,17-20H2,1-2H3. The highest BCUT2D eigenvalue weighted by atomic mass is 15.1. The number of benzene rings is 2. The third-order valence-corrected chi connectivity index (χ3v) is 5.60. The Hall–Kier alpha value is -1.86. The minimum Gasteiger partial charge on any atom is -0.302 e. The van der Waals surface area contributed by atoms with Crippen LogP contribution < -0.4 is 0 Å². The van der Waals surface area contributed by atoms with Crippen molar-refractivity contribution < 1.29 is 0 Å². The number of hydrogen-bond acceptors (Lipinski definition) is 1. The number of nitrogens with zero attached hydrogens (tertiary/aromatic N) is 1. The summed E-state index contributed by atoms with van der Waals surface area (Å²) in [6, 6.07) is 21.9. The number of hydrogen-bond donors (Lipinski definition) is 0. The Kier molecular flexibility index (Phi) is 7.08. The zero-order valence-corrected chi connectivity index (χ0v) is 16.5. The zero-order valence-electron chi connectivity index (χ0n) is 16.5. The van der Waals surface area contributed by atoms with Crippen LogP contribution in [0.1, 0.15) is 57.1 Å². The Bertz CT molecular complexity index is 645. The van der Waals surface area contributed by atoms with E-state index in [1.807, 2.05) is 0 Å². The smallest absolute Gasteiger partial charge is 0.00448 e. The van der Waals surface area contributed by atoms with Gasteiger partial charge in [0.25, 0.3) is 0 Å². The van der Waals surface area contributed by atoms with Crippen molar-refractivity contribution in [2.75, 3.05) is 19.6 Å². The van der Waals surface area contributed by atoms with E-state index < -0.39 is 0 Å². The van der Waals surface area contributed by atoms with Crippen molar-refractivity contribution in [3.05, 3.63) is 77.4 Å². The fraction of sp³-hybridized carbons (Fsp3) is 0.440. The van der Waals surface area contributed by atoms with E-state index in [1.165, 1.54) is 68.4 Å². The van der Waals surface area contributed by atoms with Gasteiger partial charge in [0.15, 0.2) is 0 Å². The quantitative estimate of drug-likeness (QED) is 0.523. The van der Waals surface area contributed by atoms with Crippen molar-refractivity contribution in [3.63, 3.8) is 0 Å². The second-order valence-corrected chi connectivity index (χ2v) is 7.64. The second-order valence-electron chi connectivity index (χ2n) is 7.64. The fourth-order valence-electron chi connectivity index (χ4n) is 4.20. The predicted octanol–water partition coefficient (Wildman–Crippen LogP) is 6.41. The number of likely N-dealkylation sites (tertiary alicyclic amines) is 1. The van der Waals surface area contributed by atoms with Crippen LogP contribution in [0.4, 0.5) is 0 Å². The highest BCUT2D eigenvalue weighted by Gasteiger charge is 2.24. The van der Waals surface area contributed by atoms with Gasteiger partial charge in [-0.25, -0.2) is 0 Å². The first-order valence-corrected chi connectivity index (χ1v) is 10.4. The molecule has 0 spiro atoms. The van der Waals surface area contributed by atoms with Gasteiger partial charge in [-0.05, 0) is 42.0 Å². The molecule has 0 N–H and O–H groups in total. The summed E-state index contributed by atoms with van der Waals surface area (Å²) >= 11 is 0. The van der Waals surface area contributed by atoms with Crippen LogP contribution in [-0.4, -0.2) is 24.5 Å². The topological polar surface area (TPSA) is 3.24 Å². The van der Waals surface area contributed by atoms with Crippen molar-refractivity contribution in [1.29, 1.82) is 0 Å². The molecule has 2 aromatic carbocycles. The van der Waals surface area contributed by atoms with Gasteiger partial charge in [-0.2, -0.15) is 0 Å². The molecule has 0 aromatic heterocycles. The van der Waals surface area contributed by atoms with Crippen molar-refractivity contribution in [2.45, 2.75) is 46.0 Å². The van der Waals surface area contributed by atoms with Crippen molar-refractivity contribution in [3.8, 4) is 0 Å². The van der Waals surface area contributed by atoms with Gasteiger partial charge in [0.2, 0.25) is 0 Å². The lowest BCUT2D eigenvalue weighted by Crippen LogP contribution is -2.36. The lowest BCUT2D eigenvalue weighted by Gasteiger charge is -2.35. The Morgan fingerprint density at radius 2 is 1.50 bits per heavy atom. The molecule has 1 heterocycles. The molecule has 1 nitrogen and oxygen atoms in total. The van der Waals surface area contributed by atoms with Crippen LogP contribution in [0.15, 0.2) is 66.2 Å². The molecule has 1 atom stereocenters. The molecule has 1 aliphatic rings. The summed E-state index contributed by atoms with van der Waals surface area (Å²) in [6.07, 6.45) is 6.61. The Balaban J connectivity index is 1.81. The summed E-state index contributed by atoms with van der Waals surface area (Å²) in [5, 5.41) is 0. The Labute approximate surface area is 159 Å². The highest BCUT2D eigenvalue weighted by Crippen LogP contribution is 2.35. The summed E-state index contributed by atoms with van der Waals surface area (Å²) in [5.41, 5.74) is 5.81. The van der Waals surface area contributed by atoms with Gasteiger partial charge in [-0.15, -0.1) is 0 Å². The van der Waals surface area contributed by atoms with Crippen LogP contribution in [0.5, 0.6) is 0 Å². The average molecular weight is 348 g/mol. The van der Waals surface area contributed by atoms with E-state index in [9.17, 15) is 0 Å². The molecule has 1 unspecified atom stereocenters. The van der Waals surface area contributed by atoms with Crippen molar-refractivity contribution >= 4 is 5.57 Å². The van der Waals surface area contributed by atoms with Crippen LogP contribution in [0.25, 0.3) is 5.57 Å². The molecule has 1 heteroatoms. The van der Waals surface area contributed by atoms with E-state index in [0.29, 0.717) is 5.92 Å². The maximum absolute atomic E-state index is 2.68. The van der Waals surface area contributed by atoms with Crippen molar-refractivity contribution in [1.82, 2.24) is 4.90 Å². The fourth-order valence-corrected chi connectivity index (χ4v) is 4.20. The molecule has 0 saturated carbocycles. The zero-order chi connectivity index (χ0) is 18.2. The predicted molar refractivity (Wildman–Crippen MR) is 113 cm³/mol. The SMILES string of the molecule is CCCCCCN1CCC(=C(c2ccccc2)c2ccccc2)C(C)C1. The summed E-state index contributed by atoms with van der Waals surface area (Å²) < 4.78 is 0. The Morgan fingerprint density at radius 1 is 0.885 bits per heavy atom. The molecule has 1 aliphatic heterocycles.